The number of rotatable bonds is 21. The summed E-state index contributed by atoms with van der Waals surface area (Å²) in [5, 5.41) is 0. The van der Waals surface area contributed by atoms with Crippen LogP contribution in [0.2, 0.25) is 0 Å². The summed E-state index contributed by atoms with van der Waals surface area (Å²) in [5.74, 6) is 0. The number of hydrogen-bond acceptors (Lipinski definition) is 2. The Bertz CT molecular complexity index is 1210. The summed E-state index contributed by atoms with van der Waals surface area (Å²) in [6, 6.07) is 43.6. The van der Waals surface area contributed by atoms with E-state index in [2.05, 4.69) is 152 Å². The molecule has 0 heterocycles. The van der Waals surface area contributed by atoms with Gasteiger partial charge in [-0.2, -0.15) is 0 Å². The third kappa shape index (κ3) is 14.0. The molecule has 4 aromatic carbocycles. The molecular weight excluding hydrogens is 708 g/mol. The molecule has 0 saturated heterocycles. The average molecular weight is 757 g/mol. The molecule has 0 N–H and O–H groups in total. The van der Waals surface area contributed by atoms with Gasteiger partial charge in [-0.25, -0.2) is 0 Å². The second kappa shape index (κ2) is 20.0. The minimum atomic E-state index is -1.24. The van der Waals surface area contributed by atoms with Crippen molar-refractivity contribution in [3.05, 3.63) is 144 Å². The Labute approximate surface area is 281 Å². The summed E-state index contributed by atoms with van der Waals surface area (Å²) in [7, 11) is 0. The first kappa shape index (κ1) is 35.6. The molecule has 0 saturated carbocycles. The predicted octanol–water partition coefficient (Wildman–Crippen LogP) is 8.19. The van der Waals surface area contributed by atoms with E-state index >= 15 is 0 Å². The quantitative estimate of drug-likeness (QED) is 0.0486. The number of hydrogen-bond donors (Lipinski definition) is 0. The standard InChI is InChI=1S/C38H48O2P2Se2/c43-41(29-21-35-13-5-1-6-14-35,30-22-36-15-7-2-8-16-36)33-27-39-25-26-40-28-34-42(44,31-23-37-17-9-3-10-18-37)32-24-38-19-11-4-12-20-38/h1-20H,21-34H2. The molecule has 0 radical (unpaired) electrons. The second-order valence-electron chi connectivity index (χ2n) is 11.6. The Morgan fingerprint density at radius 1 is 0.341 bits per heavy atom. The SMILES string of the molecule is [Se]=P(CCOCCOCCP(=[Se])(CCc1ccccc1)CCc1ccccc1)(CCc1ccccc1)CCc1ccccc1. The topological polar surface area (TPSA) is 18.5 Å². The zero-order valence-corrected chi connectivity index (χ0v) is 31.2. The molecule has 0 aromatic heterocycles. The van der Waals surface area contributed by atoms with Crippen molar-refractivity contribution in [3.63, 3.8) is 0 Å². The fraction of sp³-hybridized carbons (Fsp3) is 0.368. The van der Waals surface area contributed by atoms with E-state index in [-0.39, 0.29) is 0 Å². The van der Waals surface area contributed by atoms with Crippen LogP contribution < -0.4 is 0 Å². The van der Waals surface area contributed by atoms with Gasteiger partial charge >= 0.3 is 283 Å². The summed E-state index contributed by atoms with van der Waals surface area (Å²) < 4.78 is 12.3. The van der Waals surface area contributed by atoms with E-state index < -0.39 is 11.0 Å². The van der Waals surface area contributed by atoms with Crippen molar-refractivity contribution in [1.29, 1.82) is 0 Å². The van der Waals surface area contributed by atoms with Crippen molar-refractivity contribution in [1.82, 2.24) is 0 Å². The zero-order valence-electron chi connectivity index (χ0n) is 26.0. The molecule has 0 aliphatic rings. The van der Waals surface area contributed by atoms with Gasteiger partial charge in [0.05, 0.1) is 0 Å². The molecule has 0 aliphatic heterocycles. The first-order chi connectivity index (χ1) is 21.5. The van der Waals surface area contributed by atoms with Crippen molar-refractivity contribution < 1.29 is 9.47 Å². The zero-order chi connectivity index (χ0) is 30.8. The Balaban J connectivity index is 1.19. The predicted molar refractivity (Wildman–Crippen MR) is 197 cm³/mol. The van der Waals surface area contributed by atoms with E-state index in [0.717, 1.165) is 51.2 Å². The van der Waals surface area contributed by atoms with Gasteiger partial charge in [-0.05, 0) is 0 Å². The van der Waals surface area contributed by atoms with E-state index in [1.165, 1.54) is 46.9 Å². The van der Waals surface area contributed by atoms with Gasteiger partial charge in [0.25, 0.3) is 0 Å². The maximum atomic E-state index is 6.16. The third-order valence-corrected chi connectivity index (χ3v) is 21.3. The van der Waals surface area contributed by atoms with Crippen LogP contribution in [0.5, 0.6) is 0 Å². The molecule has 0 bridgehead atoms. The molecule has 4 rings (SSSR count). The summed E-state index contributed by atoms with van der Waals surface area (Å²) in [6.45, 7) is 2.95. The van der Waals surface area contributed by atoms with Gasteiger partial charge < -0.3 is 0 Å². The number of aryl methyl sites for hydroxylation is 4. The van der Waals surface area contributed by atoms with Crippen LogP contribution in [0.4, 0.5) is 0 Å². The molecule has 0 atom stereocenters. The van der Waals surface area contributed by atoms with Crippen molar-refractivity contribution in [3.8, 4) is 0 Å². The first-order valence-corrected chi connectivity index (χ1v) is 25.1. The van der Waals surface area contributed by atoms with Crippen LogP contribution in [0.25, 0.3) is 0 Å². The summed E-state index contributed by atoms with van der Waals surface area (Å²) in [5.41, 5.74) is 3.24. The fourth-order valence-corrected chi connectivity index (χ4v) is 13.5. The van der Waals surface area contributed by atoms with Crippen LogP contribution in [-0.2, 0) is 35.2 Å². The average Bonchev–Trinajstić information content (AvgIpc) is 3.08. The molecule has 0 aliphatic carbocycles. The Morgan fingerprint density at radius 2 is 0.591 bits per heavy atom. The van der Waals surface area contributed by atoms with E-state index in [1.807, 2.05) is 0 Å². The van der Waals surface area contributed by atoms with Gasteiger partial charge in [0, 0.05) is 0 Å². The molecule has 0 spiro atoms. The van der Waals surface area contributed by atoms with Crippen molar-refractivity contribution in [2.75, 3.05) is 63.4 Å². The van der Waals surface area contributed by atoms with Crippen molar-refractivity contribution in [2.24, 2.45) is 0 Å². The van der Waals surface area contributed by atoms with Crippen LogP contribution in [-0.4, -0.2) is 93.6 Å². The van der Waals surface area contributed by atoms with Gasteiger partial charge in [-0.3, -0.25) is 0 Å². The maximum absolute atomic E-state index is 6.16. The minimum absolute atomic E-state index is 0.671. The van der Waals surface area contributed by atoms with E-state index in [1.54, 1.807) is 0 Å². The van der Waals surface area contributed by atoms with Gasteiger partial charge in [0.2, 0.25) is 0 Å². The second-order valence-corrected chi connectivity index (χ2v) is 28.3. The number of ether oxygens (including phenoxy) is 2. The van der Waals surface area contributed by atoms with Crippen LogP contribution in [0.15, 0.2) is 121 Å². The van der Waals surface area contributed by atoms with Crippen molar-refractivity contribution >= 4 is 41.2 Å². The molecule has 0 unspecified atom stereocenters. The third-order valence-electron chi connectivity index (χ3n) is 8.26. The molecule has 6 heteroatoms. The van der Waals surface area contributed by atoms with E-state index in [4.69, 9.17) is 9.47 Å². The Morgan fingerprint density at radius 3 is 0.841 bits per heavy atom. The normalized spacial score (nSPS) is 11.9. The first-order valence-electron chi connectivity index (χ1n) is 16.0. The van der Waals surface area contributed by atoms with E-state index in [9.17, 15) is 0 Å². The van der Waals surface area contributed by atoms with Crippen LogP contribution in [0, 0.1) is 0 Å². The van der Waals surface area contributed by atoms with Crippen LogP contribution >= 0.6 is 11.0 Å². The molecule has 234 valence electrons. The van der Waals surface area contributed by atoms with Gasteiger partial charge in [-0.15, -0.1) is 0 Å². The molecule has 4 aromatic rings. The Kier molecular flexibility index (Phi) is 16.2. The number of benzene rings is 4. The summed E-state index contributed by atoms with van der Waals surface area (Å²) >= 11 is 7.41. The van der Waals surface area contributed by atoms with Gasteiger partial charge in [-0.1, -0.05) is 0 Å². The van der Waals surface area contributed by atoms with Gasteiger partial charge in [0.15, 0.2) is 0 Å². The van der Waals surface area contributed by atoms with Crippen LogP contribution in [0.3, 0.4) is 0 Å². The Hall–Kier alpha value is -1.30. The van der Waals surface area contributed by atoms with Crippen LogP contribution in [0.1, 0.15) is 22.3 Å². The van der Waals surface area contributed by atoms with Gasteiger partial charge in [0.1, 0.15) is 0 Å². The molecule has 2 nitrogen and oxygen atoms in total. The van der Waals surface area contributed by atoms with E-state index in [0.29, 0.717) is 13.2 Å². The molecule has 44 heavy (non-hydrogen) atoms. The summed E-state index contributed by atoms with van der Waals surface area (Å²) in [4.78, 5) is 0. The monoisotopic (exact) mass is 758 g/mol. The van der Waals surface area contributed by atoms with Crippen molar-refractivity contribution in [2.45, 2.75) is 25.7 Å². The molecular formula is C38H48O2P2Se2. The molecule has 0 amide bonds. The summed E-state index contributed by atoms with van der Waals surface area (Å²) in [6.07, 6.45) is 11.7. The molecule has 0 fully saturated rings. The fourth-order valence-electron chi connectivity index (χ4n) is 5.36.